The maximum atomic E-state index is 11.9. The van der Waals surface area contributed by atoms with Gasteiger partial charge in [0.05, 0.1) is 10.0 Å². The molecule has 0 aromatic heterocycles. The Morgan fingerprint density at radius 3 is 2.54 bits per heavy atom. The minimum absolute atomic E-state index is 0.208. The van der Waals surface area contributed by atoms with E-state index in [9.17, 15) is 4.79 Å². The van der Waals surface area contributed by atoms with Crippen LogP contribution in [-0.4, -0.2) is 11.9 Å². The van der Waals surface area contributed by atoms with Crippen molar-refractivity contribution in [2.75, 3.05) is 0 Å². The molecule has 0 atom stereocenters. The minimum Gasteiger partial charge on any atom is -0.403 e. The lowest BCUT2D eigenvalue weighted by Crippen LogP contribution is -2.01. The van der Waals surface area contributed by atoms with Crippen LogP contribution >= 0.6 is 39.1 Å². The first-order valence-corrected chi connectivity index (χ1v) is 8.48. The van der Waals surface area contributed by atoms with Gasteiger partial charge in [-0.1, -0.05) is 63.4 Å². The summed E-state index contributed by atoms with van der Waals surface area (Å²) in [5.41, 5.74) is 1.82. The molecule has 0 fully saturated rings. The van der Waals surface area contributed by atoms with Crippen LogP contribution in [0, 0.1) is 0 Å². The van der Waals surface area contributed by atoms with E-state index in [0.717, 1.165) is 10.0 Å². The Labute approximate surface area is 157 Å². The maximum absolute atomic E-state index is 11.9. The van der Waals surface area contributed by atoms with E-state index in [1.165, 1.54) is 0 Å². The van der Waals surface area contributed by atoms with Crippen molar-refractivity contribution < 1.29 is 9.53 Å². The number of benzene rings is 2. The van der Waals surface area contributed by atoms with Crippen LogP contribution in [-0.2, 0) is 9.53 Å². The van der Waals surface area contributed by atoms with Crippen molar-refractivity contribution in [3.8, 4) is 0 Å². The Kier molecular flexibility index (Phi) is 5.19. The zero-order valence-corrected chi connectivity index (χ0v) is 15.3. The largest absolute Gasteiger partial charge is 0.403 e. The normalized spacial score (nSPS) is 15.9. The van der Waals surface area contributed by atoms with E-state index in [1.54, 1.807) is 36.4 Å². The molecular formula is C18H10BrCl2NO2. The Bertz CT molecular complexity index is 886. The van der Waals surface area contributed by atoms with Gasteiger partial charge in [0.25, 0.3) is 0 Å². The molecule has 0 saturated heterocycles. The van der Waals surface area contributed by atoms with E-state index >= 15 is 0 Å². The second kappa shape index (κ2) is 7.34. The number of carbonyl (C=O) groups excluding carboxylic acids is 1. The van der Waals surface area contributed by atoms with Gasteiger partial charge in [-0.15, -0.1) is 0 Å². The first kappa shape index (κ1) is 17.0. The molecule has 2 aromatic carbocycles. The lowest BCUT2D eigenvalue weighted by Gasteiger charge is -1.99. The maximum Gasteiger partial charge on any atom is 0.363 e. The van der Waals surface area contributed by atoms with Gasteiger partial charge in [0.1, 0.15) is 0 Å². The van der Waals surface area contributed by atoms with Gasteiger partial charge in [-0.05, 0) is 41.5 Å². The van der Waals surface area contributed by atoms with E-state index < -0.39 is 5.97 Å². The summed E-state index contributed by atoms with van der Waals surface area (Å²) in [7, 11) is 0. The summed E-state index contributed by atoms with van der Waals surface area (Å²) in [5.74, 6) is -0.283. The summed E-state index contributed by atoms with van der Waals surface area (Å²) in [5, 5.41) is 0.894. The number of halogens is 3. The monoisotopic (exact) mass is 421 g/mol. The molecule has 0 saturated carbocycles. The second-order valence-electron chi connectivity index (χ2n) is 4.90. The van der Waals surface area contributed by atoms with E-state index in [-0.39, 0.29) is 11.6 Å². The van der Waals surface area contributed by atoms with Gasteiger partial charge in [0.2, 0.25) is 5.90 Å². The standard InChI is InChI=1S/C18H10BrCl2NO2/c19-13-7-4-11(5-8-13)10-15-18(23)24-16(22-15)9-6-12-2-1-3-14(20)17(12)21/h1-10H/b9-6+,15-10-. The average molecular weight is 423 g/mol. The molecule has 0 N–H and O–H groups in total. The summed E-state index contributed by atoms with van der Waals surface area (Å²) in [6, 6.07) is 12.8. The number of cyclic esters (lactones) is 1. The number of nitrogens with zero attached hydrogens (tertiary/aromatic N) is 1. The predicted octanol–water partition coefficient (Wildman–Crippen LogP) is 5.77. The number of hydrogen-bond acceptors (Lipinski definition) is 3. The Morgan fingerprint density at radius 2 is 1.79 bits per heavy atom. The van der Waals surface area contributed by atoms with Crippen LogP contribution in [0.1, 0.15) is 11.1 Å². The van der Waals surface area contributed by atoms with Crippen LogP contribution in [0.2, 0.25) is 10.0 Å². The van der Waals surface area contributed by atoms with Crippen LogP contribution in [0.25, 0.3) is 12.2 Å². The van der Waals surface area contributed by atoms with Gasteiger partial charge < -0.3 is 4.74 Å². The summed E-state index contributed by atoms with van der Waals surface area (Å²) >= 11 is 15.4. The smallest absolute Gasteiger partial charge is 0.363 e. The predicted molar refractivity (Wildman–Crippen MR) is 101 cm³/mol. The molecular weight excluding hydrogens is 413 g/mol. The molecule has 0 bridgehead atoms. The molecule has 1 aliphatic rings. The third kappa shape index (κ3) is 3.96. The van der Waals surface area contributed by atoms with E-state index in [4.69, 9.17) is 27.9 Å². The number of esters is 1. The lowest BCUT2D eigenvalue weighted by atomic mass is 10.2. The van der Waals surface area contributed by atoms with Gasteiger partial charge in [-0.25, -0.2) is 9.79 Å². The molecule has 0 aliphatic carbocycles. The van der Waals surface area contributed by atoms with Gasteiger partial charge in [-0.3, -0.25) is 0 Å². The fourth-order valence-corrected chi connectivity index (χ4v) is 2.66. The number of ether oxygens (including phenoxy) is 1. The Hall–Kier alpha value is -1.88. The van der Waals surface area contributed by atoms with Crippen LogP contribution in [0.3, 0.4) is 0 Å². The zero-order valence-electron chi connectivity index (χ0n) is 12.2. The quantitative estimate of drug-likeness (QED) is 0.465. The molecule has 0 radical (unpaired) electrons. The molecule has 6 heteroatoms. The number of rotatable bonds is 3. The van der Waals surface area contributed by atoms with E-state index in [2.05, 4.69) is 20.9 Å². The fraction of sp³-hybridized carbons (Fsp3) is 0. The summed E-state index contributed by atoms with van der Waals surface area (Å²) in [6.07, 6.45) is 4.95. The van der Waals surface area contributed by atoms with Gasteiger partial charge in [0, 0.05) is 10.5 Å². The molecule has 0 spiro atoms. The first-order valence-electron chi connectivity index (χ1n) is 6.93. The molecule has 3 nitrogen and oxygen atoms in total. The molecule has 2 aromatic rings. The van der Waals surface area contributed by atoms with Crippen molar-refractivity contribution >= 4 is 63.2 Å². The molecule has 120 valence electrons. The molecule has 1 heterocycles. The van der Waals surface area contributed by atoms with Gasteiger partial charge in [-0.2, -0.15) is 0 Å². The third-order valence-electron chi connectivity index (χ3n) is 3.20. The summed E-state index contributed by atoms with van der Waals surface area (Å²) < 4.78 is 6.09. The molecule has 1 aliphatic heterocycles. The van der Waals surface area contributed by atoms with Crippen molar-refractivity contribution in [3.05, 3.63) is 79.9 Å². The fourth-order valence-electron chi connectivity index (χ4n) is 2.02. The second-order valence-corrected chi connectivity index (χ2v) is 6.60. The first-order chi connectivity index (χ1) is 11.5. The highest BCUT2D eigenvalue weighted by atomic mass is 79.9. The van der Waals surface area contributed by atoms with Crippen molar-refractivity contribution in [3.63, 3.8) is 0 Å². The highest BCUT2D eigenvalue weighted by Gasteiger charge is 2.21. The van der Waals surface area contributed by atoms with E-state index in [0.29, 0.717) is 15.6 Å². The highest BCUT2D eigenvalue weighted by molar-refractivity contribution is 9.10. The molecule has 24 heavy (non-hydrogen) atoms. The number of carbonyl (C=O) groups is 1. The topological polar surface area (TPSA) is 38.7 Å². The number of hydrogen-bond donors (Lipinski definition) is 0. The minimum atomic E-state index is -0.491. The third-order valence-corrected chi connectivity index (χ3v) is 4.56. The van der Waals surface area contributed by atoms with Gasteiger partial charge in [0.15, 0.2) is 5.70 Å². The van der Waals surface area contributed by atoms with Crippen LogP contribution < -0.4 is 0 Å². The highest BCUT2D eigenvalue weighted by Crippen LogP contribution is 2.26. The Balaban J connectivity index is 1.82. The van der Waals surface area contributed by atoms with Crippen LogP contribution in [0.15, 0.2) is 63.7 Å². The molecule has 0 amide bonds. The SMILES string of the molecule is O=C1OC(/C=C/c2cccc(Cl)c2Cl)=NC/1=C\c1ccc(Br)cc1. The molecule has 0 unspecified atom stereocenters. The van der Waals surface area contributed by atoms with Crippen molar-refractivity contribution in [1.29, 1.82) is 0 Å². The van der Waals surface area contributed by atoms with Crippen molar-refractivity contribution in [2.45, 2.75) is 0 Å². The lowest BCUT2D eigenvalue weighted by molar-refractivity contribution is -0.129. The van der Waals surface area contributed by atoms with E-state index in [1.807, 2.05) is 24.3 Å². The average Bonchev–Trinajstić information content (AvgIpc) is 2.91. The van der Waals surface area contributed by atoms with Crippen molar-refractivity contribution in [2.24, 2.45) is 4.99 Å². The number of aliphatic imine (C=N–C) groups is 1. The Morgan fingerprint density at radius 1 is 1.04 bits per heavy atom. The van der Waals surface area contributed by atoms with Crippen molar-refractivity contribution in [1.82, 2.24) is 0 Å². The van der Waals surface area contributed by atoms with Crippen LogP contribution in [0.4, 0.5) is 0 Å². The van der Waals surface area contributed by atoms with Crippen LogP contribution in [0.5, 0.6) is 0 Å². The zero-order chi connectivity index (χ0) is 17.1. The summed E-state index contributed by atoms with van der Waals surface area (Å²) in [4.78, 5) is 16.1. The van der Waals surface area contributed by atoms with Gasteiger partial charge >= 0.3 is 5.97 Å². The molecule has 3 rings (SSSR count). The summed E-state index contributed by atoms with van der Waals surface area (Å²) in [6.45, 7) is 0.